The number of hydrogen-bond donors (Lipinski definition) is 0. The van der Waals surface area contributed by atoms with Crippen molar-refractivity contribution in [3.8, 4) is 5.75 Å². The van der Waals surface area contributed by atoms with Crippen molar-refractivity contribution >= 4 is 6.03 Å². The van der Waals surface area contributed by atoms with Crippen molar-refractivity contribution in [2.45, 2.75) is 79.7 Å². The molecule has 1 fully saturated rings. The Morgan fingerprint density at radius 1 is 1.19 bits per heavy atom. The summed E-state index contributed by atoms with van der Waals surface area (Å²) < 4.78 is 5.23. The smallest absolute Gasteiger partial charge is 0.320 e. The summed E-state index contributed by atoms with van der Waals surface area (Å²) in [6, 6.07) is 8.82. The molecule has 0 aromatic heterocycles. The van der Waals surface area contributed by atoms with Gasteiger partial charge in [0.25, 0.3) is 0 Å². The van der Waals surface area contributed by atoms with Crippen LogP contribution in [0.1, 0.15) is 72.8 Å². The number of amides is 2. The van der Waals surface area contributed by atoms with Crippen molar-refractivity contribution in [3.05, 3.63) is 53.1 Å². The maximum atomic E-state index is 13.0. The van der Waals surface area contributed by atoms with Gasteiger partial charge >= 0.3 is 6.03 Å². The number of carbonyl (C=O) groups excluding carboxylic acids is 1. The molecule has 1 aliphatic heterocycles. The highest BCUT2D eigenvalue weighted by atomic mass is 16.5. The molecule has 1 saturated heterocycles. The van der Waals surface area contributed by atoms with E-state index in [4.69, 9.17) is 4.74 Å². The predicted octanol–water partition coefficient (Wildman–Crippen LogP) is 6.86. The minimum Gasteiger partial charge on any atom is -0.497 e. The lowest BCUT2D eigenvalue weighted by Gasteiger charge is -2.22. The van der Waals surface area contributed by atoms with Crippen molar-refractivity contribution in [1.29, 1.82) is 0 Å². The zero-order valence-electron chi connectivity index (χ0n) is 20.9. The number of aryl methyl sites for hydroxylation is 1. The SMILES string of the molecule is C/C=C(\C=C(\C)CC)CN1CC(CCCc2ccc(OC)cc2)N(CCC)C1=O.CC. The molecule has 1 aromatic carbocycles. The Morgan fingerprint density at radius 2 is 1.87 bits per heavy atom. The van der Waals surface area contributed by atoms with Gasteiger partial charge in [-0.2, -0.15) is 0 Å². The molecule has 174 valence electrons. The number of urea groups is 1. The number of allylic oxidation sites excluding steroid dienone is 2. The van der Waals surface area contributed by atoms with Gasteiger partial charge in [-0.25, -0.2) is 4.79 Å². The largest absolute Gasteiger partial charge is 0.497 e. The van der Waals surface area contributed by atoms with Crippen molar-refractivity contribution in [3.63, 3.8) is 0 Å². The van der Waals surface area contributed by atoms with Gasteiger partial charge in [-0.3, -0.25) is 0 Å². The summed E-state index contributed by atoms with van der Waals surface area (Å²) in [5.74, 6) is 0.895. The van der Waals surface area contributed by atoms with Crippen LogP contribution in [0.4, 0.5) is 4.79 Å². The molecule has 1 unspecified atom stereocenters. The molecule has 31 heavy (non-hydrogen) atoms. The van der Waals surface area contributed by atoms with Crippen molar-refractivity contribution in [2.24, 2.45) is 0 Å². The van der Waals surface area contributed by atoms with Crippen LogP contribution in [0.15, 0.2) is 47.6 Å². The molecule has 1 heterocycles. The van der Waals surface area contributed by atoms with Crippen molar-refractivity contribution < 1.29 is 9.53 Å². The van der Waals surface area contributed by atoms with Gasteiger partial charge in [0, 0.05) is 19.6 Å². The van der Waals surface area contributed by atoms with E-state index in [0.717, 1.165) is 50.9 Å². The van der Waals surface area contributed by atoms with E-state index < -0.39 is 0 Å². The average molecular weight is 429 g/mol. The maximum absolute atomic E-state index is 13.0. The molecule has 0 N–H and O–H groups in total. The van der Waals surface area contributed by atoms with Crippen LogP contribution in [0.5, 0.6) is 5.75 Å². The van der Waals surface area contributed by atoms with Gasteiger partial charge in [0.1, 0.15) is 5.75 Å². The Hall–Kier alpha value is -2.23. The van der Waals surface area contributed by atoms with Crippen LogP contribution in [0.3, 0.4) is 0 Å². The Bertz CT molecular complexity index is 706. The number of rotatable bonds is 11. The Morgan fingerprint density at radius 3 is 2.42 bits per heavy atom. The maximum Gasteiger partial charge on any atom is 0.320 e. The molecule has 0 spiro atoms. The summed E-state index contributed by atoms with van der Waals surface area (Å²) in [7, 11) is 1.69. The van der Waals surface area contributed by atoms with Crippen LogP contribution in [0.2, 0.25) is 0 Å². The first-order chi connectivity index (χ1) is 15.0. The van der Waals surface area contributed by atoms with E-state index in [1.54, 1.807) is 7.11 Å². The molecule has 4 heteroatoms. The molecular formula is C27H44N2O2. The summed E-state index contributed by atoms with van der Waals surface area (Å²) >= 11 is 0. The van der Waals surface area contributed by atoms with Crippen LogP contribution < -0.4 is 4.74 Å². The molecule has 2 rings (SSSR count). The first-order valence-corrected chi connectivity index (χ1v) is 12.0. The van der Waals surface area contributed by atoms with Gasteiger partial charge in [-0.1, -0.05) is 57.6 Å². The van der Waals surface area contributed by atoms with Crippen LogP contribution in [-0.2, 0) is 6.42 Å². The number of hydrogen-bond acceptors (Lipinski definition) is 2. The zero-order valence-corrected chi connectivity index (χ0v) is 20.9. The molecule has 2 amide bonds. The average Bonchev–Trinajstić information content (AvgIpc) is 3.09. The quantitative estimate of drug-likeness (QED) is 0.361. The first-order valence-electron chi connectivity index (χ1n) is 12.0. The van der Waals surface area contributed by atoms with Gasteiger partial charge in [0.2, 0.25) is 0 Å². The zero-order chi connectivity index (χ0) is 23.2. The highest BCUT2D eigenvalue weighted by Gasteiger charge is 2.36. The minimum absolute atomic E-state index is 0.197. The summed E-state index contributed by atoms with van der Waals surface area (Å²) in [6.45, 7) is 14.9. The fourth-order valence-corrected chi connectivity index (χ4v) is 3.86. The summed E-state index contributed by atoms with van der Waals surface area (Å²) in [5.41, 5.74) is 3.91. The number of nitrogens with zero attached hydrogens (tertiary/aromatic N) is 2. The lowest BCUT2D eigenvalue weighted by Crippen LogP contribution is -2.36. The van der Waals surface area contributed by atoms with Crippen LogP contribution in [0, 0.1) is 0 Å². The Kier molecular flexibility index (Phi) is 12.7. The highest BCUT2D eigenvalue weighted by Crippen LogP contribution is 2.23. The topological polar surface area (TPSA) is 32.8 Å². The van der Waals surface area contributed by atoms with Crippen molar-refractivity contribution in [1.82, 2.24) is 9.80 Å². The second-order valence-electron chi connectivity index (χ2n) is 7.96. The molecule has 0 radical (unpaired) electrons. The van der Waals surface area contributed by atoms with E-state index in [1.807, 2.05) is 30.9 Å². The van der Waals surface area contributed by atoms with Crippen molar-refractivity contribution in [2.75, 3.05) is 26.7 Å². The predicted molar refractivity (Wildman–Crippen MR) is 133 cm³/mol. The molecule has 4 nitrogen and oxygen atoms in total. The van der Waals surface area contributed by atoms with Crippen LogP contribution in [0.25, 0.3) is 0 Å². The van der Waals surface area contributed by atoms with E-state index >= 15 is 0 Å². The summed E-state index contributed by atoms with van der Waals surface area (Å²) in [6.07, 6.45) is 9.57. The van der Waals surface area contributed by atoms with E-state index in [-0.39, 0.29) is 6.03 Å². The fraction of sp³-hybridized carbons (Fsp3) is 0.593. The standard InChI is InChI=1S/C25H38N2O2.C2H6/c1-6-16-27-23(11-9-10-22-12-14-24(29-5)15-13-22)19-26(25(27)28)18-21(8-3)17-20(4)7-2;1-2/h8,12-15,17,23H,6-7,9-11,16,18-19H2,1-5H3;1-2H3/b20-17-,21-8+;. The fourth-order valence-electron chi connectivity index (χ4n) is 3.86. The third-order valence-corrected chi connectivity index (χ3v) is 5.75. The van der Waals surface area contributed by atoms with Crippen LogP contribution >= 0.6 is 0 Å². The van der Waals surface area contributed by atoms with Crippen LogP contribution in [-0.4, -0.2) is 48.6 Å². The molecule has 1 atom stereocenters. The monoisotopic (exact) mass is 428 g/mol. The third-order valence-electron chi connectivity index (χ3n) is 5.75. The summed E-state index contributed by atoms with van der Waals surface area (Å²) in [4.78, 5) is 17.1. The van der Waals surface area contributed by atoms with Gasteiger partial charge in [-0.05, 0) is 69.2 Å². The normalized spacial score (nSPS) is 17.0. The number of benzene rings is 1. The van der Waals surface area contributed by atoms with E-state index in [9.17, 15) is 4.79 Å². The molecule has 0 bridgehead atoms. The third kappa shape index (κ3) is 8.43. The van der Waals surface area contributed by atoms with Gasteiger partial charge in [0.05, 0.1) is 13.2 Å². The number of ether oxygens (including phenoxy) is 1. The lowest BCUT2D eigenvalue weighted by molar-refractivity contribution is 0.187. The highest BCUT2D eigenvalue weighted by molar-refractivity contribution is 5.77. The summed E-state index contributed by atoms with van der Waals surface area (Å²) in [5, 5.41) is 0. The molecule has 0 saturated carbocycles. The van der Waals surface area contributed by atoms with E-state index in [1.165, 1.54) is 16.7 Å². The van der Waals surface area contributed by atoms with E-state index in [2.05, 4.69) is 56.9 Å². The van der Waals surface area contributed by atoms with Gasteiger partial charge in [-0.15, -0.1) is 0 Å². The molecule has 1 aliphatic rings. The Labute approximate surface area is 191 Å². The Balaban J connectivity index is 0.00000233. The van der Waals surface area contributed by atoms with Gasteiger partial charge < -0.3 is 14.5 Å². The second-order valence-corrected chi connectivity index (χ2v) is 7.96. The van der Waals surface area contributed by atoms with E-state index in [0.29, 0.717) is 12.6 Å². The molecular weight excluding hydrogens is 384 g/mol. The molecule has 1 aromatic rings. The molecule has 0 aliphatic carbocycles. The lowest BCUT2D eigenvalue weighted by atomic mass is 10.0. The van der Waals surface area contributed by atoms with Gasteiger partial charge in [0.15, 0.2) is 0 Å². The second kappa shape index (κ2) is 14.7. The number of methoxy groups -OCH3 is 1. The minimum atomic E-state index is 0.197. The first kappa shape index (κ1) is 26.8. The number of carbonyl (C=O) groups is 1.